The lowest BCUT2D eigenvalue weighted by Crippen LogP contribution is -2.31. The average molecular weight is 286 g/mol. The quantitative estimate of drug-likeness (QED) is 0.868. The number of aliphatic hydroxyl groups is 1. The Labute approximate surface area is 122 Å². The van der Waals surface area contributed by atoms with Gasteiger partial charge in [-0.15, -0.1) is 0 Å². The maximum absolute atomic E-state index is 12.0. The van der Waals surface area contributed by atoms with Crippen molar-refractivity contribution >= 4 is 5.91 Å². The van der Waals surface area contributed by atoms with Gasteiger partial charge in [0.05, 0.1) is 6.10 Å². The fraction of sp³-hybridized carbons (Fsp3) is 0.250. The second-order valence-electron chi connectivity index (χ2n) is 4.78. The van der Waals surface area contributed by atoms with Crippen LogP contribution < -0.4 is 10.9 Å². The molecule has 1 aromatic carbocycles. The molecule has 0 fully saturated rings. The molecule has 0 aliphatic rings. The smallest absolute Gasteiger partial charge is 0.268 e. The van der Waals surface area contributed by atoms with Gasteiger partial charge in [0.1, 0.15) is 5.69 Å². The van der Waals surface area contributed by atoms with Crippen LogP contribution in [0.15, 0.2) is 53.3 Å². The first-order valence-corrected chi connectivity index (χ1v) is 6.77. The van der Waals surface area contributed by atoms with Crippen molar-refractivity contribution in [1.29, 1.82) is 0 Å². The number of nitrogens with one attached hydrogen (secondary N) is 1. The third-order valence-electron chi connectivity index (χ3n) is 3.31. The Morgan fingerprint density at radius 2 is 1.90 bits per heavy atom. The Morgan fingerprint density at radius 1 is 1.19 bits per heavy atom. The SMILES string of the molecule is Cn1c(C(=O)NCCC(O)c2ccccc2)cccc1=O. The summed E-state index contributed by atoms with van der Waals surface area (Å²) >= 11 is 0. The van der Waals surface area contributed by atoms with Crippen LogP contribution in [0.1, 0.15) is 28.6 Å². The third-order valence-corrected chi connectivity index (χ3v) is 3.31. The minimum Gasteiger partial charge on any atom is -0.388 e. The predicted molar refractivity (Wildman–Crippen MR) is 80.0 cm³/mol. The molecule has 0 radical (unpaired) electrons. The van der Waals surface area contributed by atoms with E-state index in [1.807, 2.05) is 30.3 Å². The van der Waals surface area contributed by atoms with E-state index in [9.17, 15) is 14.7 Å². The number of amides is 1. The summed E-state index contributed by atoms with van der Waals surface area (Å²) in [5.74, 6) is -0.324. The monoisotopic (exact) mass is 286 g/mol. The number of aliphatic hydroxyl groups excluding tert-OH is 1. The summed E-state index contributed by atoms with van der Waals surface area (Å²) < 4.78 is 1.29. The predicted octanol–water partition coefficient (Wildman–Crippen LogP) is 1.24. The largest absolute Gasteiger partial charge is 0.388 e. The maximum atomic E-state index is 12.0. The molecule has 1 amide bonds. The van der Waals surface area contributed by atoms with E-state index in [4.69, 9.17) is 0 Å². The van der Waals surface area contributed by atoms with Crippen LogP contribution in [0.3, 0.4) is 0 Å². The number of pyridine rings is 1. The first-order valence-electron chi connectivity index (χ1n) is 6.77. The molecule has 1 heterocycles. The van der Waals surface area contributed by atoms with Crippen molar-refractivity contribution in [2.75, 3.05) is 6.54 Å². The lowest BCUT2D eigenvalue weighted by atomic mass is 10.1. The molecule has 0 aliphatic carbocycles. The summed E-state index contributed by atoms with van der Waals surface area (Å²) in [6.07, 6.45) is -0.206. The van der Waals surface area contributed by atoms with E-state index in [0.717, 1.165) is 5.56 Å². The molecule has 2 rings (SSSR count). The zero-order valence-electron chi connectivity index (χ0n) is 11.8. The van der Waals surface area contributed by atoms with Crippen LogP contribution >= 0.6 is 0 Å². The molecule has 0 saturated carbocycles. The number of carbonyl (C=O) groups is 1. The molecule has 110 valence electrons. The van der Waals surface area contributed by atoms with Crippen LogP contribution in [0, 0.1) is 0 Å². The Balaban J connectivity index is 1.90. The molecule has 0 bridgehead atoms. The van der Waals surface area contributed by atoms with Gasteiger partial charge in [0, 0.05) is 19.7 Å². The van der Waals surface area contributed by atoms with Crippen molar-refractivity contribution in [3.63, 3.8) is 0 Å². The van der Waals surface area contributed by atoms with Crippen LogP contribution in [-0.4, -0.2) is 22.1 Å². The number of hydrogen-bond acceptors (Lipinski definition) is 3. The Hall–Kier alpha value is -2.40. The van der Waals surface area contributed by atoms with Gasteiger partial charge < -0.3 is 15.0 Å². The standard InChI is InChI=1S/C16H18N2O3/c1-18-13(8-5-9-15(18)20)16(21)17-11-10-14(19)12-6-3-2-4-7-12/h2-9,14,19H,10-11H2,1H3,(H,17,21). The highest BCUT2D eigenvalue weighted by Crippen LogP contribution is 2.14. The normalized spacial score (nSPS) is 11.9. The van der Waals surface area contributed by atoms with Crippen LogP contribution in [-0.2, 0) is 7.05 Å². The minimum atomic E-state index is -0.619. The van der Waals surface area contributed by atoms with Gasteiger partial charge in [-0.25, -0.2) is 0 Å². The zero-order valence-corrected chi connectivity index (χ0v) is 11.8. The van der Waals surface area contributed by atoms with Gasteiger partial charge in [0.25, 0.3) is 11.5 Å². The summed E-state index contributed by atoms with van der Waals surface area (Å²) in [7, 11) is 1.55. The van der Waals surface area contributed by atoms with Gasteiger partial charge in [0.15, 0.2) is 0 Å². The minimum absolute atomic E-state index is 0.230. The van der Waals surface area contributed by atoms with Crippen molar-refractivity contribution in [3.05, 3.63) is 70.1 Å². The molecule has 21 heavy (non-hydrogen) atoms. The van der Waals surface area contributed by atoms with E-state index >= 15 is 0 Å². The van der Waals surface area contributed by atoms with Gasteiger partial charge in [-0.1, -0.05) is 36.4 Å². The lowest BCUT2D eigenvalue weighted by molar-refractivity contribution is 0.0933. The molecular weight excluding hydrogens is 268 g/mol. The second-order valence-corrected chi connectivity index (χ2v) is 4.78. The molecule has 1 atom stereocenters. The molecule has 0 aliphatic heterocycles. The molecule has 2 N–H and O–H groups in total. The van der Waals surface area contributed by atoms with Crippen molar-refractivity contribution in [3.8, 4) is 0 Å². The number of aromatic nitrogens is 1. The molecule has 5 heteroatoms. The Morgan fingerprint density at radius 3 is 2.62 bits per heavy atom. The molecule has 0 saturated heterocycles. The van der Waals surface area contributed by atoms with Crippen molar-refractivity contribution in [2.45, 2.75) is 12.5 Å². The van der Waals surface area contributed by atoms with E-state index in [1.165, 1.54) is 10.6 Å². The first kappa shape index (κ1) is 15.0. The van der Waals surface area contributed by atoms with Crippen molar-refractivity contribution in [2.24, 2.45) is 7.05 Å². The van der Waals surface area contributed by atoms with Crippen LogP contribution in [0.4, 0.5) is 0 Å². The van der Waals surface area contributed by atoms with Crippen molar-refractivity contribution in [1.82, 2.24) is 9.88 Å². The molecule has 2 aromatic rings. The van der Waals surface area contributed by atoms with Gasteiger partial charge >= 0.3 is 0 Å². The molecule has 5 nitrogen and oxygen atoms in total. The highest BCUT2D eigenvalue weighted by atomic mass is 16.3. The van der Waals surface area contributed by atoms with E-state index in [-0.39, 0.29) is 11.5 Å². The Bertz CT molecular complexity index is 665. The maximum Gasteiger partial charge on any atom is 0.268 e. The van der Waals surface area contributed by atoms with Crippen LogP contribution in [0.2, 0.25) is 0 Å². The van der Waals surface area contributed by atoms with E-state index in [0.29, 0.717) is 18.7 Å². The van der Waals surface area contributed by atoms with Gasteiger partial charge in [0.2, 0.25) is 0 Å². The number of carbonyl (C=O) groups excluding carboxylic acids is 1. The summed E-state index contributed by atoms with van der Waals surface area (Å²) in [6, 6.07) is 13.8. The van der Waals surface area contributed by atoms with Gasteiger partial charge in [-0.3, -0.25) is 9.59 Å². The molecule has 1 unspecified atom stereocenters. The Kier molecular flexibility index (Phi) is 4.90. The van der Waals surface area contributed by atoms with E-state index in [1.54, 1.807) is 19.2 Å². The second kappa shape index (κ2) is 6.85. The first-order chi connectivity index (χ1) is 10.1. The van der Waals surface area contributed by atoms with Gasteiger partial charge in [-0.05, 0) is 18.1 Å². The van der Waals surface area contributed by atoms with Gasteiger partial charge in [-0.2, -0.15) is 0 Å². The van der Waals surface area contributed by atoms with E-state index < -0.39 is 6.10 Å². The number of benzene rings is 1. The van der Waals surface area contributed by atoms with Crippen LogP contribution in [0.25, 0.3) is 0 Å². The number of hydrogen-bond donors (Lipinski definition) is 2. The molecule has 1 aromatic heterocycles. The fourth-order valence-corrected chi connectivity index (χ4v) is 2.05. The van der Waals surface area contributed by atoms with E-state index in [2.05, 4.69) is 5.32 Å². The third kappa shape index (κ3) is 3.79. The average Bonchev–Trinajstić information content (AvgIpc) is 2.50. The van der Waals surface area contributed by atoms with Crippen molar-refractivity contribution < 1.29 is 9.90 Å². The zero-order chi connectivity index (χ0) is 15.2. The summed E-state index contributed by atoms with van der Waals surface area (Å²) in [5.41, 5.74) is 0.891. The summed E-state index contributed by atoms with van der Waals surface area (Å²) in [5, 5.41) is 12.7. The van der Waals surface area contributed by atoms with Crippen LogP contribution in [0.5, 0.6) is 0 Å². The highest BCUT2D eigenvalue weighted by molar-refractivity contribution is 5.92. The lowest BCUT2D eigenvalue weighted by Gasteiger charge is -2.12. The number of rotatable bonds is 5. The summed E-state index contributed by atoms with van der Waals surface area (Å²) in [4.78, 5) is 23.4. The fourth-order valence-electron chi connectivity index (χ4n) is 2.05. The number of nitrogens with zero attached hydrogens (tertiary/aromatic N) is 1. The highest BCUT2D eigenvalue weighted by Gasteiger charge is 2.11. The topological polar surface area (TPSA) is 71.3 Å². The molecular formula is C16H18N2O3. The summed E-state index contributed by atoms with van der Waals surface area (Å²) in [6.45, 7) is 0.331. The molecule has 0 spiro atoms.